The highest BCUT2D eigenvalue weighted by molar-refractivity contribution is 5.91. The Hall–Kier alpha value is -3.49. The molecule has 1 heterocycles. The molecule has 3 aromatic rings. The van der Waals surface area contributed by atoms with Crippen LogP contribution in [0.2, 0.25) is 0 Å². The number of ether oxygens (including phenoxy) is 1. The maximum absolute atomic E-state index is 12.2. The zero-order chi connectivity index (χ0) is 18.5. The third-order valence-corrected chi connectivity index (χ3v) is 3.72. The van der Waals surface area contributed by atoms with E-state index < -0.39 is 12.1 Å². The highest BCUT2D eigenvalue weighted by Gasteiger charge is 2.10. The molecule has 0 saturated carbocycles. The van der Waals surface area contributed by atoms with Crippen molar-refractivity contribution >= 4 is 5.97 Å². The normalized spacial score (nSPS) is 11.4. The first-order valence-corrected chi connectivity index (χ1v) is 7.92. The van der Waals surface area contributed by atoms with Gasteiger partial charge in [-0.05, 0) is 42.3 Å². The van der Waals surface area contributed by atoms with Crippen LogP contribution in [0.1, 0.15) is 27.6 Å². The molecule has 0 aliphatic carbocycles. The van der Waals surface area contributed by atoms with Gasteiger partial charge in [-0.3, -0.25) is 0 Å². The summed E-state index contributed by atoms with van der Waals surface area (Å²) in [6, 6.07) is 13.3. The first kappa shape index (κ1) is 17.3. The summed E-state index contributed by atoms with van der Waals surface area (Å²) in [5.41, 5.74) is 2.77. The van der Waals surface area contributed by atoms with Crippen LogP contribution in [0.25, 0.3) is 11.4 Å². The molecule has 1 aromatic heterocycles. The highest BCUT2D eigenvalue weighted by Crippen LogP contribution is 2.20. The first-order valence-electron chi connectivity index (χ1n) is 7.92. The average molecular weight is 344 g/mol. The van der Waals surface area contributed by atoms with Crippen molar-refractivity contribution < 1.29 is 14.6 Å². The molecule has 2 aromatic carbocycles. The molecule has 0 radical (unpaired) electrons. The van der Waals surface area contributed by atoms with Crippen LogP contribution in [0.3, 0.4) is 0 Å². The van der Waals surface area contributed by atoms with Gasteiger partial charge in [-0.25, -0.2) is 14.8 Å². The molecule has 5 nitrogen and oxygen atoms in total. The van der Waals surface area contributed by atoms with Crippen molar-refractivity contribution in [2.75, 3.05) is 0 Å². The van der Waals surface area contributed by atoms with Gasteiger partial charge < -0.3 is 9.84 Å². The van der Waals surface area contributed by atoms with Gasteiger partial charge in [-0.2, -0.15) is 0 Å². The number of rotatable bonds is 4. The topological polar surface area (TPSA) is 72.3 Å². The smallest absolute Gasteiger partial charge is 0.343 e. The zero-order valence-corrected chi connectivity index (χ0v) is 14.1. The molecule has 0 spiro atoms. The minimum atomic E-state index is -0.976. The lowest BCUT2D eigenvalue weighted by atomic mass is 10.1. The van der Waals surface area contributed by atoms with Crippen molar-refractivity contribution in [1.29, 1.82) is 0 Å². The van der Waals surface area contributed by atoms with E-state index in [2.05, 4.69) is 15.9 Å². The fraction of sp³-hybridized carbons (Fsp3) is 0.0952. The molecule has 3 rings (SSSR count). The number of aromatic nitrogens is 2. The molecule has 0 fully saturated rings. The fourth-order valence-corrected chi connectivity index (χ4v) is 2.28. The number of terminal acetylenes is 1. The van der Waals surface area contributed by atoms with Crippen LogP contribution in [0, 0.1) is 19.3 Å². The van der Waals surface area contributed by atoms with Crippen molar-refractivity contribution in [2.45, 2.75) is 13.0 Å². The zero-order valence-electron chi connectivity index (χ0n) is 14.1. The number of aryl methyl sites for hydroxylation is 1. The molecule has 26 heavy (non-hydrogen) atoms. The molecule has 0 amide bonds. The van der Waals surface area contributed by atoms with Crippen molar-refractivity contribution in [1.82, 2.24) is 9.97 Å². The number of esters is 1. The Morgan fingerprint density at radius 2 is 1.69 bits per heavy atom. The molecule has 1 unspecified atom stereocenters. The predicted molar refractivity (Wildman–Crippen MR) is 97.4 cm³/mol. The van der Waals surface area contributed by atoms with E-state index in [9.17, 15) is 9.90 Å². The molecule has 0 saturated heterocycles. The standard InChI is InChI=1S/C21H16N2O3/c1-3-19(24)15-8-10-18(11-9-15)26-21(25)17-6-4-16(5-7-17)20-22-12-14(2)13-23-20/h1,4-13,19,24H,2H3. The second-order valence-corrected chi connectivity index (χ2v) is 5.69. The van der Waals surface area contributed by atoms with Gasteiger partial charge in [-0.1, -0.05) is 30.2 Å². The van der Waals surface area contributed by atoms with Crippen LogP contribution in [-0.2, 0) is 0 Å². The predicted octanol–water partition coefficient (Wildman–Crippen LogP) is 3.34. The Kier molecular flexibility index (Phi) is 5.07. The van der Waals surface area contributed by atoms with Gasteiger partial charge >= 0.3 is 5.97 Å². The van der Waals surface area contributed by atoms with E-state index in [1.165, 1.54) is 0 Å². The van der Waals surface area contributed by atoms with Gasteiger partial charge in [0, 0.05) is 18.0 Å². The molecular formula is C21H16N2O3. The molecule has 5 heteroatoms. The third-order valence-electron chi connectivity index (χ3n) is 3.72. The minimum Gasteiger partial charge on any atom is -0.423 e. The number of carbonyl (C=O) groups is 1. The summed E-state index contributed by atoms with van der Waals surface area (Å²) in [6.07, 6.45) is 7.67. The summed E-state index contributed by atoms with van der Waals surface area (Å²) < 4.78 is 5.33. The third kappa shape index (κ3) is 3.94. The number of hydrogen-bond donors (Lipinski definition) is 1. The summed E-state index contributed by atoms with van der Waals surface area (Å²) in [5.74, 6) is 2.71. The van der Waals surface area contributed by atoms with Crippen molar-refractivity contribution in [3.63, 3.8) is 0 Å². The van der Waals surface area contributed by atoms with E-state index in [-0.39, 0.29) is 0 Å². The Morgan fingerprint density at radius 3 is 2.27 bits per heavy atom. The fourth-order valence-electron chi connectivity index (χ4n) is 2.28. The lowest BCUT2D eigenvalue weighted by molar-refractivity contribution is 0.0734. The second kappa shape index (κ2) is 7.60. The van der Waals surface area contributed by atoms with E-state index >= 15 is 0 Å². The van der Waals surface area contributed by atoms with E-state index in [1.54, 1.807) is 60.9 Å². The van der Waals surface area contributed by atoms with Gasteiger partial charge in [0.15, 0.2) is 5.82 Å². The van der Waals surface area contributed by atoms with Crippen molar-refractivity contribution in [3.05, 3.63) is 77.6 Å². The number of aliphatic hydroxyl groups excluding tert-OH is 1. The van der Waals surface area contributed by atoms with Crippen LogP contribution >= 0.6 is 0 Å². The molecule has 128 valence electrons. The number of benzene rings is 2. The van der Waals surface area contributed by atoms with E-state index in [1.807, 2.05) is 6.92 Å². The maximum atomic E-state index is 12.2. The molecule has 0 aliphatic rings. The highest BCUT2D eigenvalue weighted by atomic mass is 16.5. The quantitative estimate of drug-likeness (QED) is 0.446. The Bertz CT molecular complexity index is 941. The van der Waals surface area contributed by atoms with Gasteiger partial charge in [0.25, 0.3) is 0 Å². The first-order chi connectivity index (χ1) is 12.6. The Morgan fingerprint density at radius 1 is 1.08 bits per heavy atom. The van der Waals surface area contributed by atoms with Crippen LogP contribution in [-0.4, -0.2) is 21.0 Å². The lowest BCUT2D eigenvalue weighted by Gasteiger charge is -2.07. The Balaban J connectivity index is 1.70. The van der Waals surface area contributed by atoms with Gasteiger partial charge in [0.05, 0.1) is 5.56 Å². The largest absolute Gasteiger partial charge is 0.423 e. The summed E-state index contributed by atoms with van der Waals surface area (Å²) >= 11 is 0. The SMILES string of the molecule is C#CC(O)c1ccc(OC(=O)c2ccc(-c3ncc(C)cn3)cc2)cc1. The van der Waals surface area contributed by atoms with Crippen LogP contribution in [0.15, 0.2) is 60.9 Å². The molecule has 1 atom stereocenters. The molecule has 1 N–H and O–H groups in total. The van der Waals surface area contributed by atoms with Crippen molar-refractivity contribution in [3.8, 4) is 29.5 Å². The summed E-state index contributed by atoms with van der Waals surface area (Å²) in [6.45, 7) is 1.92. The number of nitrogens with zero attached hydrogens (tertiary/aromatic N) is 2. The second-order valence-electron chi connectivity index (χ2n) is 5.69. The van der Waals surface area contributed by atoms with E-state index in [4.69, 9.17) is 11.2 Å². The molecule has 0 bridgehead atoms. The van der Waals surface area contributed by atoms with Crippen molar-refractivity contribution in [2.24, 2.45) is 0 Å². The van der Waals surface area contributed by atoms with Gasteiger partial charge in [-0.15, -0.1) is 6.42 Å². The van der Waals surface area contributed by atoms with Crippen LogP contribution < -0.4 is 4.74 Å². The average Bonchev–Trinajstić information content (AvgIpc) is 2.68. The maximum Gasteiger partial charge on any atom is 0.343 e. The Labute approximate surface area is 151 Å². The molecular weight excluding hydrogens is 328 g/mol. The number of aliphatic hydroxyl groups is 1. The molecule has 0 aliphatic heterocycles. The summed E-state index contributed by atoms with van der Waals surface area (Å²) in [7, 11) is 0. The lowest BCUT2D eigenvalue weighted by Crippen LogP contribution is -2.08. The number of hydrogen-bond acceptors (Lipinski definition) is 5. The van der Waals surface area contributed by atoms with Gasteiger partial charge in [0.1, 0.15) is 11.9 Å². The number of carbonyl (C=O) groups excluding carboxylic acids is 1. The van der Waals surface area contributed by atoms with Crippen LogP contribution in [0.5, 0.6) is 5.75 Å². The summed E-state index contributed by atoms with van der Waals surface area (Å²) in [5, 5.41) is 9.56. The van der Waals surface area contributed by atoms with Gasteiger partial charge in [0.2, 0.25) is 0 Å². The monoisotopic (exact) mass is 344 g/mol. The van der Waals surface area contributed by atoms with Crippen LogP contribution in [0.4, 0.5) is 0 Å². The summed E-state index contributed by atoms with van der Waals surface area (Å²) in [4.78, 5) is 20.8. The van der Waals surface area contributed by atoms with E-state index in [0.717, 1.165) is 11.1 Å². The minimum absolute atomic E-state index is 0.369. The van der Waals surface area contributed by atoms with E-state index in [0.29, 0.717) is 22.7 Å².